The number of imidazole rings is 1. The highest BCUT2D eigenvalue weighted by Crippen LogP contribution is 2.31. The van der Waals surface area contributed by atoms with Crippen molar-refractivity contribution in [2.45, 2.75) is 45.8 Å². The quantitative estimate of drug-likeness (QED) is 0.873. The number of aryl methyl sites for hydroxylation is 1. The molecule has 0 unspecified atom stereocenters. The van der Waals surface area contributed by atoms with Crippen LogP contribution >= 0.6 is 0 Å². The highest BCUT2D eigenvalue weighted by atomic mass is 16.1. The van der Waals surface area contributed by atoms with Crippen LogP contribution in [0.15, 0.2) is 18.7 Å². The average Bonchev–Trinajstić information content (AvgIpc) is 3.16. The summed E-state index contributed by atoms with van der Waals surface area (Å²) < 4.78 is 0. The zero-order valence-corrected chi connectivity index (χ0v) is 13.5. The van der Waals surface area contributed by atoms with E-state index in [4.69, 9.17) is 0 Å². The van der Waals surface area contributed by atoms with Gasteiger partial charge in [-0.1, -0.05) is 0 Å². The molecule has 2 N–H and O–H groups in total. The van der Waals surface area contributed by atoms with Crippen LogP contribution in [0.3, 0.4) is 0 Å². The third-order valence-electron chi connectivity index (χ3n) is 4.21. The lowest BCUT2D eigenvalue weighted by Gasteiger charge is -2.23. The number of H-pyrrole nitrogens is 1. The number of nitrogens with one attached hydrogen (secondary N) is 2. The minimum atomic E-state index is -0.0614. The smallest absolute Gasteiger partial charge is 0.217 e. The Bertz CT molecular complexity index is 683. The topological polar surface area (TPSA) is 86.8 Å². The molecule has 7 nitrogen and oxygen atoms in total. The van der Waals surface area contributed by atoms with Crippen molar-refractivity contribution in [3.8, 4) is 0 Å². The van der Waals surface area contributed by atoms with Crippen LogP contribution in [0.4, 0.5) is 0 Å². The van der Waals surface area contributed by atoms with E-state index in [1.54, 1.807) is 12.5 Å². The molecule has 1 aliphatic heterocycles. The Balaban J connectivity index is 1.73. The zero-order chi connectivity index (χ0) is 16.2. The van der Waals surface area contributed by atoms with E-state index < -0.39 is 0 Å². The highest BCUT2D eigenvalue weighted by molar-refractivity contribution is 5.72. The Kier molecular flexibility index (Phi) is 4.66. The summed E-state index contributed by atoms with van der Waals surface area (Å²) in [4.78, 5) is 29.9. The lowest BCUT2D eigenvalue weighted by atomic mass is 10.1. The van der Waals surface area contributed by atoms with Gasteiger partial charge in [0, 0.05) is 19.2 Å². The standard InChI is InChI=1S/C16H22N6O/c1-11-15(20-10-19-11)9-22-5-3-4-16(22)14-8-17-6-13(21-14)7-18-12(2)23/h6,8,10,16H,3-5,7,9H2,1-2H3,(H,18,23)(H,19,20)/t16-/m0/s1. The maximum absolute atomic E-state index is 11.0. The third-order valence-corrected chi connectivity index (χ3v) is 4.21. The van der Waals surface area contributed by atoms with Gasteiger partial charge in [-0.2, -0.15) is 0 Å². The Morgan fingerprint density at radius 2 is 2.35 bits per heavy atom. The van der Waals surface area contributed by atoms with Gasteiger partial charge in [-0.25, -0.2) is 4.98 Å². The maximum atomic E-state index is 11.0. The fourth-order valence-corrected chi connectivity index (χ4v) is 2.97. The van der Waals surface area contributed by atoms with Crippen LogP contribution < -0.4 is 5.32 Å². The Hall–Kier alpha value is -2.28. The molecule has 122 valence electrons. The number of hydrogen-bond acceptors (Lipinski definition) is 5. The van der Waals surface area contributed by atoms with Crippen molar-refractivity contribution in [1.82, 2.24) is 30.2 Å². The second kappa shape index (κ2) is 6.87. The van der Waals surface area contributed by atoms with E-state index in [9.17, 15) is 4.79 Å². The van der Waals surface area contributed by atoms with Gasteiger partial charge < -0.3 is 10.3 Å². The molecule has 2 aromatic heterocycles. The van der Waals surface area contributed by atoms with Gasteiger partial charge in [-0.3, -0.25) is 19.7 Å². The molecule has 7 heteroatoms. The summed E-state index contributed by atoms with van der Waals surface area (Å²) in [5, 5.41) is 2.77. The predicted molar refractivity (Wildman–Crippen MR) is 85.3 cm³/mol. The minimum Gasteiger partial charge on any atom is -0.351 e. The zero-order valence-electron chi connectivity index (χ0n) is 13.5. The number of carbonyl (C=O) groups excluding carboxylic acids is 1. The maximum Gasteiger partial charge on any atom is 0.217 e. The molecular formula is C16H22N6O. The fraction of sp³-hybridized carbons (Fsp3) is 0.500. The number of aromatic nitrogens is 4. The summed E-state index contributed by atoms with van der Waals surface area (Å²) in [6, 6.07) is 0.260. The monoisotopic (exact) mass is 314 g/mol. The van der Waals surface area contributed by atoms with Gasteiger partial charge in [-0.05, 0) is 26.3 Å². The van der Waals surface area contributed by atoms with Crippen molar-refractivity contribution in [2.24, 2.45) is 0 Å². The third kappa shape index (κ3) is 3.73. The molecule has 0 radical (unpaired) electrons. The molecule has 1 aliphatic rings. The summed E-state index contributed by atoms with van der Waals surface area (Å²) in [5.74, 6) is -0.0614. The van der Waals surface area contributed by atoms with Crippen LogP contribution in [0.1, 0.15) is 48.6 Å². The van der Waals surface area contributed by atoms with E-state index >= 15 is 0 Å². The van der Waals surface area contributed by atoms with Crippen LogP contribution in [0, 0.1) is 6.92 Å². The summed E-state index contributed by atoms with van der Waals surface area (Å²) in [7, 11) is 0. The Labute approximate surface area is 135 Å². The average molecular weight is 314 g/mol. The summed E-state index contributed by atoms with van der Waals surface area (Å²) in [6.07, 6.45) is 7.49. The van der Waals surface area contributed by atoms with Gasteiger partial charge in [0.15, 0.2) is 0 Å². The van der Waals surface area contributed by atoms with Crippen LogP contribution in [-0.2, 0) is 17.9 Å². The summed E-state index contributed by atoms with van der Waals surface area (Å²) in [5.41, 5.74) is 3.96. The molecule has 0 aliphatic carbocycles. The molecular weight excluding hydrogens is 292 g/mol. The van der Waals surface area contributed by atoms with E-state index in [-0.39, 0.29) is 11.9 Å². The van der Waals surface area contributed by atoms with Crippen LogP contribution in [0.25, 0.3) is 0 Å². The van der Waals surface area contributed by atoms with Gasteiger partial charge in [-0.15, -0.1) is 0 Å². The van der Waals surface area contributed by atoms with Gasteiger partial charge in [0.2, 0.25) is 5.91 Å². The van der Waals surface area contributed by atoms with Crippen molar-refractivity contribution in [3.63, 3.8) is 0 Å². The number of likely N-dealkylation sites (tertiary alicyclic amines) is 1. The van der Waals surface area contributed by atoms with Crippen molar-refractivity contribution in [2.75, 3.05) is 6.54 Å². The first-order valence-electron chi connectivity index (χ1n) is 7.91. The molecule has 1 saturated heterocycles. The molecule has 1 fully saturated rings. The molecule has 23 heavy (non-hydrogen) atoms. The SMILES string of the molecule is CC(=O)NCc1cncc([C@@H]2CCCN2Cc2nc[nH]c2C)n1. The van der Waals surface area contributed by atoms with E-state index in [2.05, 4.69) is 30.2 Å². The summed E-state index contributed by atoms with van der Waals surface area (Å²) >= 11 is 0. The molecule has 3 heterocycles. The molecule has 0 bridgehead atoms. The molecule has 1 amide bonds. The van der Waals surface area contributed by atoms with E-state index in [0.717, 1.165) is 48.7 Å². The van der Waals surface area contributed by atoms with Gasteiger partial charge in [0.25, 0.3) is 0 Å². The number of rotatable bonds is 5. The number of nitrogens with zero attached hydrogens (tertiary/aromatic N) is 4. The highest BCUT2D eigenvalue weighted by Gasteiger charge is 2.28. The molecule has 2 aromatic rings. The second-order valence-electron chi connectivity index (χ2n) is 5.95. The molecule has 0 saturated carbocycles. The van der Waals surface area contributed by atoms with Gasteiger partial charge >= 0.3 is 0 Å². The lowest BCUT2D eigenvalue weighted by molar-refractivity contribution is -0.119. The fourth-order valence-electron chi connectivity index (χ4n) is 2.97. The van der Waals surface area contributed by atoms with E-state index in [0.29, 0.717) is 6.54 Å². The van der Waals surface area contributed by atoms with Crippen LogP contribution in [0.5, 0.6) is 0 Å². The lowest BCUT2D eigenvalue weighted by Crippen LogP contribution is -2.25. The number of amides is 1. The molecule has 1 atom stereocenters. The first-order valence-corrected chi connectivity index (χ1v) is 7.91. The molecule has 0 aromatic carbocycles. The minimum absolute atomic E-state index is 0.0614. The largest absolute Gasteiger partial charge is 0.351 e. The second-order valence-corrected chi connectivity index (χ2v) is 5.95. The molecule has 3 rings (SSSR count). The van der Waals surface area contributed by atoms with Gasteiger partial charge in [0.05, 0.1) is 48.4 Å². The van der Waals surface area contributed by atoms with Crippen molar-refractivity contribution >= 4 is 5.91 Å². The molecule has 0 spiro atoms. The van der Waals surface area contributed by atoms with E-state index in [1.807, 2.05) is 13.1 Å². The summed E-state index contributed by atoms with van der Waals surface area (Å²) in [6.45, 7) is 5.82. The number of carbonyl (C=O) groups is 1. The van der Waals surface area contributed by atoms with Crippen molar-refractivity contribution in [1.29, 1.82) is 0 Å². The van der Waals surface area contributed by atoms with Gasteiger partial charge in [0.1, 0.15) is 0 Å². The van der Waals surface area contributed by atoms with Crippen molar-refractivity contribution < 1.29 is 4.79 Å². The first kappa shape index (κ1) is 15.6. The van der Waals surface area contributed by atoms with Crippen LogP contribution in [0.2, 0.25) is 0 Å². The van der Waals surface area contributed by atoms with E-state index in [1.165, 1.54) is 6.92 Å². The predicted octanol–water partition coefficient (Wildman–Crippen LogP) is 1.48. The number of aromatic amines is 1. The normalized spacial score (nSPS) is 18.3. The Morgan fingerprint density at radius 3 is 3.09 bits per heavy atom. The van der Waals surface area contributed by atoms with Crippen LogP contribution in [-0.4, -0.2) is 37.3 Å². The Morgan fingerprint density at radius 1 is 1.48 bits per heavy atom. The van der Waals surface area contributed by atoms with Crippen molar-refractivity contribution in [3.05, 3.63) is 41.5 Å². The first-order chi connectivity index (χ1) is 11.1. The number of hydrogen-bond donors (Lipinski definition) is 2.